The molecule has 184 valence electrons. The second kappa shape index (κ2) is 18.7. The van der Waals surface area contributed by atoms with Gasteiger partial charge in [0.05, 0.1) is 59.5 Å². The Balaban J connectivity index is 1.74. The molecule has 5 nitrogen and oxygen atoms in total. The Morgan fingerprint density at radius 3 is 1.59 bits per heavy atom. The van der Waals surface area contributed by atoms with Crippen LogP contribution in [0.5, 0.6) is 5.75 Å². The van der Waals surface area contributed by atoms with Crippen molar-refractivity contribution in [3.8, 4) is 5.75 Å². The third-order valence-electron chi connectivity index (χ3n) is 5.59. The minimum Gasteiger partial charge on any atom is -0.494 e. The van der Waals surface area contributed by atoms with Gasteiger partial charge in [0, 0.05) is 4.47 Å². The molecule has 0 saturated carbocycles. The molecule has 0 saturated heterocycles. The normalized spacial score (nSPS) is 16.3. The summed E-state index contributed by atoms with van der Waals surface area (Å²) >= 11 is 3.72. The number of unbranched alkanes of at least 4 members (excludes halogenated alkanes) is 9. The van der Waals surface area contributed by atoms with Crippen LogP contribution in [0.4, 0.5) is 0 Å². The summed E-state index contributed by atoms with van der Waals surface area (Å²) < 4.78 is 29.8. The molecule has 0 fully saturated rings. The SMILES string of the molecule is CCCCCCCCCCCCOc1cc2c(Br)c(c1)COCCOCCOCCOC2. The van der Waals surface area contributed by atoms with Gasteiger partial charge in [-0.15, -0.1) is 0 Å². The van der Waals surface area contributed by atoms with Crippen LogP contribution in [0.2, 0.25) is 0 Å². The second-order valence-corrected chi connectivity index (χ2v) is 9.21. The molecule has 0 unspecified atom stereocenters. The Bertz CT molecular complexity index is 561. The van der Waals surface area contributed by atoms with Gasteiger partial charge in [-0.05, 0) is 29.7 Å². The molecule has 1 aliphatic heterocycles. The fourth-order valence-corrected chi connectivity index (χ4v) is 4.17. The standard InChI is InChI=1S/C26H43BrO5/c1-2-3-4-5-6-7-8-9-10-11-12-32-25-19-23-21-30-17-15-28-13-14-29-16-18-31-22-24(20-25)26(23)27/h19-20H,2-18,21-22H2,1H3. The van der Waals surface area contributed by atoms with Gasteiger partial charge in [-0.3, -0.25) is 0 Å². The summed E-state index contributed by atoms with van der Waals surface area (Å²) in [6.07, 6.45) is 13.3. The van der Waals surface area contributed by atoms with Crippen LogP contribution in [-0.2, 0) is 32.2 Å². The van der Waals surface area contributed by atoms with Crippen molar-refractivity contribution in [3.63, 3.8) is 0 Å². The van der Waals surface area contributed by atoms with E-state index in [-0.39, 0.29) is 0 Å². The number of ether oxygens (including phenoxy) is 5. The van der Waals surface area contributed by atoms with E-state index in [0.717, 1.165) is 34.4 Å². The molecule has 0 radical (unpaired) electrons. The summed E-state index contributed by atoms with van der Waals surface area (Å²) in [6, 6.07) is 4.15. The fourth-order valence-electron chi connectivity index (χ4n) is 3.71. The topological polar surface area (TPSA) is 46.2 Å². The number of fused-ring (bicyclic) bond motifs is 2. The first kappa shape index (κ1) is 27.6. The van der Waals surface area contributed by atoms with Gasteiger partial charge in [-0.2, -0.15) is 0 Å². The maximum Gasteiger partial charge on any atom is 0.120 e. The quantitative estimate of drug-likeness (QED) is 0.286. The molecule has 0 atom stereocenters. The lowest BCUT2D eigenvalue weighted by Gasteiger charge is -2.15. The Morgan fingerprint density at radius 2 is 1.09 bits per heavy atom. The second-order valence-electron chi connectivity index (χ2n) is 8.42. The highest BCUT2D eigenvalue weighted by atomic mass is 79.9. The highest BCUT2D eigenvalue weighted by Gasteiger charge is 2.11. The molecule has 1 aromatic carbocycles. The minimum atomic E-state index is 0.517. The third kappa shape index (κ3) is 12.5. The summed E-state index contributed by atoms with van der Waals surface area (Å²) in [6.45, 7) is 7.47. The Kier molecular flexibility index (Phi) is 16.1. The number of hydrogen-bond donors (Lipinski definition) is 0. The van der Waals surface area contributed by atoms with Crippen LogP contribution in [0.25, 0.3) is 0 Å². The van der Waals surface area contributed by atoms with Crippen molar-refractivity contribution in [2.24, 2.45) is 0 Å². The molecular weight excluding hydrogens is 472 g/mol. The van der Waals surface area contributed by atoms with Crippen molar-refractivity contribution in [1.82, 2.24) is 0 Å². The van der Waals surface area contributed by atoms with Crippen LogP contribution in [0.1, 0.15) is 82.3 Å². The average Bonchev–Trinajstić information content (AvgIpc) is 2.80. The molecular formula is C26H43BrO5. The highest BCUT2D eigenvalue weighted by Crippen LogP contribution is 2.29. The largest absolute Gasteiger partial charge is 0.494 e. The van der Waals surface area contributed by atoms with Gasteiger partial charge in [-0.1, -0.05) is 80.6 Å². The molecule has 1 aromatic rings. The van der Waals surface area contributed by atoms with Crippen molar-refractivity contribution >= 4 is 15.9 Å². The average molecular weight is 516 g/mol. The molecule has 1 heterocycles. The van der Waals surface area contributed by atoms with E-state index in [1.54, 1.807) is 0 Å². The van der Waals surface area contributed by atoms with Crippen LogP contribution in [0.15, 0.2) is 16.6 Å². The fraction of sp³-hybridized carbons (Fsp3) is 0.769. The number of halogens is 1. The zero-order valence-electron chi connectivity index (χ0n) is 20.0. The molecule has 0 N–H and O–H groups in total. The van der Waals surface area contributed by atoms with E-state index in [1.165, 1.54) is 57.8 Å². The Morgan fingerprint density at radius 1 is 0.656 bits per heavy atom. The smallest absolute Gasteiger partial charge is 0.120 e. The van der Waals surface area contributed by atoms with Crippen LogP contribution < -0.4 is 4.74 Å². The first-order valence-corrected chi connectivity index (χ1v) is 13.4. The molecule has 1 aliphatic rings. The summed E-state index contributed by atoms with van der Waals surface area (Å²) in [7, 11) is 0. The first-order chi connectivity index (χ1) is 15.8. The molecule has 32 heavy (non-hydrogen) atoms. The lowest BCUT2D eigenvalue weighted by Crippen LogP contribution is -2.11. The van der Waals surface area contributed by atoms with Crippen molar-refractivity contribution in [3.05, 3.63) is 27.7 Å². The zero-order chi connectivity index (χ0) is 22.7. The third-order valence-corrected chi connectivity index (χ3v) is 6.61. The molecule has 2 bridgehead atoms. The van der Waals surface area contributed by atoms with E-state index in [1.807, 2.05) is 0 Å². The van der Waals surface area contributed by atoms with E-state index in [9.17, 15) is 0 Å². The van der Waals surface area contributed by atoms with Gasteiger partial charge < -0.3 is 23.7 Å². The molecule has 6 heteroatoms. The first-order valence-electron chi connectivity index (χ1n) is 12.6. The van der Waals surface area contributed by atoms with Crippen molar-refractivity contribution < 1.29 is 23.7 Å². The summed E-state index contributed by atoms with van der Waals surface area (Å²) in [5.41, 5.74) is 2.16. The van der Waals surface area contributed by atoms with Crippen molar-refractivity contribution in [2.45, 2.75) is 84.3 Å². The van der Waals surface area contributed by atoms with Crippen LogP contribution >= 0.6 is 15.9 Å². The number of rotatable bonds is 12. The van der Waals surface area contributed by atoms with Gasteiger partial charge in [0.1, 0.15) is 5.75 Å². The molecule has 0 spiro atoms. The van der Waals surface area contributed by atoms with Crippen LogP contribution in [0, 0.1) is 0 Å². The lowest BCUT2D eigenvalue weighted by atomic mass is 10.1. The van der Waals surface area contributed by atoms with Crippen molar-refractivity contribution in [2.75, 3.05) is 46.2 Å². The van der Waals surface area contributed by atoms with Gasteiger partial charge in [-0.25, -0.2) is 0 Å². The van der Waals surface area contributed by atoms with Gasteiger partial charge in [0.2, 0.25) is 0 Å². The zero-order valence-corrected chi connectivity index (χ0v) is 21.6. The highest BCUT2D eigenvalue weighted by molar-refractivity contribution is 9.10. The van der Waals surface area contributed by atoms with Crippen LogP contribution in [-0.4, -0.2) is 46.2 Å². The van der Waals surface area contributed by atoms with E-state index < -0.39 is 0 Å². The predicted molar refractivity (Wildman–Crippen MR) is 132 cm³/mol. The minimum absolute atomic E-state index is 0.517. The van der Waals surface area contributed by atoms with E-state index in [4.69, 9.17) is 23.7 Å². The van der Waals surface area contributed by atoms with E-state index >= 15 is 0 Å². The maximum atomic E-state index is 6.10. The van der Waals surface area contributed by atoms with Gasteiger partial charge >= 0.3 is 0 Å². The van der Waals surface area contributed by atoms with Crippen LogP contribution in [0.3, 0.4) is 0 Å². The van der Waals surface area contributed by atoms with E-state index in [2.05, 4.69) is 35.0 Å². The predicted octanol–water partition coefficient (Wildman–Crippen LogP) is 6.83. The monoisotopic (exact) mass is 514 g/mol. The number of hydrogen-bond acceptors (Lipinski definition) is 5. The summed E-state index contributed by atoms with van der Waals surface area (Å²) in [4.78, 5) is 0. The molecule has 0 aromatic heterocycles. The Labute approximate surface area is 203 Å². The number of benzene rings is 1. The maximum absolute atomic E-state index is 6.10. The van der Waals surface area contributed by atoms with Gasteiger partial charge in [0.15, 0.2) is 0 Å². The van der Waals surface area contributed by atoms with Crippen molar-refractivity contribution in [1.29, 1.82) is 0 Å². The Hall–Kier alpha value is -0.660. The molecule has 2 rings (SSSR count). The van der Waals surface area contributed by atoms with E-state index in [0.29, 0.717) is 52.9 Å². The van der Waals surface area contributed by atoms with Gasteiger partial charge in [0.25, 0.3) is 0 Å². The summed E-state index contributed by atoms with van der Waals surface area (Å²) in [5, 5.41) is 0. The summed E-state index contributed by atoms with van der Waals surface area (Å²) in [5.74, 6) is 0.887. The molecule has 0 amide bonds. The molecule has 0 aliphatic carbocycles. The lowest BCUT2D eigenvalue weighted by molar-refractivity contribution is -0.00523.